The molecule has 1 N–H and O–H groups in total. The molecule has 130 valence electrons. The predicted molar refractivity (Wildman–Crippen MR) is 93.8 cm³/mol. The summed E-state index contributed by atoms with van der Waals surface area (Å²) in [6, 6.07) is 6.25. The first kappa shape index (κ1) is 17.0. The Hall–Kier alpha value is -1.88. The molecule has 0 unspecified atom stereocenters. The molecule has 0 aromatic heterocycles. The molecular formula is C19H26N2O3. The zero-order valence-corrected chi connectivity index (χ0v) is 14.5. The molecule has 1 saturated heterocycles. The molecular weight excluding hydrogens is 304 g/mol. The molecule has 2 heterocycles. The number of nitrogens with zero attached hydrogens (tertiary/aromatic N) is 1. The number of fused-ring (bicyclic) bond motifs is 1. The average Bonchev–Trinajstić information content (AvgIpc) is 2.63. The Bertz CT molecular complexity index is 627. The van der Waals surface area contributed by atoms with Gasteiger partial charge in [0.2, 0.25) is 0 Å². The quantitative estimate of drug-likeness (QED) is 0.841. The standard InChI is InChI=1S/C19H26N2O3/c1-23-16-3-4-17-14(9-16)6-8-21-18(17)10-15-12-20-7-5-13(15)11-19(22)24-2/h3-4,9,13,15,20H,5-8,10-12H2,1-2H3/t13-,15-/m0/s1. The van der Waals surface area contributed by atoms with E-state index in [0.717, 1.165) is 44.6 Å². The van der Waals surface area contributed by atoms with Gasteiger partial charge in [-0.2, -0.15) is 0 Å². The molecule has 2 atom stereocenters. The Labute approximate surface area is 143 Å². The molecule has 0 amide bonds. The Balaban J connectivity index is 1.75. The van der Waals surface area contributed by atoms with E-state index >= 15 is 0 Å². The number of ether oxygens (including phenoxy) is 2. The highest BCUT2D eigenvalue weighted by molar-refractivity contribution is 6.02. The number of rotatable bonds is 5. The molecule has 0 aliphatic carbocycles. The summed E-state index contributed by atoms with van der Waals surface area (Å²) in [6.45, 7) is 2.74. The van der Waals surface area contributed by atoms with Crippen molar-refractivity contribution in [3.63, 3.8) is 0 Å². The van der Waals surface area contributed by atoms with Crippen LogP contribution < -0.4 is 10.1 Å². The van der Waals surface area contributed by atoms with Gasteiger partial charge in [-0.25, -0.2) is 0 Å². The molecule has 1 aromatic rings. The van der Waals surface area contributed by atoms with Gasteiger partial charge < -0.3 is 14.8 Å². The molecule has 0 spiro atoms. The molecule has 0 saturated carbocycles. The summed E-state index contributed by atoms with van der Waals surface area (Å²) in [5.41, 5.74) is 3.72. The summed E-state index contributed by atoms with van der Waals surface area (Å²) < 4.78 is 10.2. The first-order chi connectivity index (χ1) is 11.7. The predicted octanol–water partition coefficient (Wildman–Crippen LogP) is 2.22. The fraction of sp³-hybridized carbons (Fsp3) is 0.579. The number of aliphatic imine (C=N–C) groups is 1. The van der Waals surface area contributed by atoms with Crippen LogP contribution in [0.2, 0.25) is 0 Å². The lowest BCUT2D eigenvalue weighted by Crippen LogP contribution is -2.39. The topological polar surface area (TPSA) is 59.9 Å². The van der Waals surface area contributed by atoms with Gasteiger partial charge in [-0.3, -0.25) is 9.79 Å². The highest BCUT2D eigenvalue weighted by Gasteiger charge is 2.29. The van der Waals surface area contributed by atoms with Gasteiger partial charge in [0.15, 0.2) is 0 Å². The second-order valence-corrected chi connectivity index (χ2v) is 6.60. The van der Waals surface area contributed by atoms with Crippen LogP contribution in [0.1, 0.15) is 30.4 Å². The van der Waals surface area contributed by atoms with Crippen molar-refractivity contribution in [2.45, 2.75) is 25.7 Å². The monoisotopic (exact) mass is 330 g/mol. The normalized spacial score (nSPS) is 23.2. The van der Waals surface area contributed by atoms with Crippen LogP contribution in [0.25, 0.3) is 0 Å². The summed E-state index contributed by atoms with van der Waals surface area (Å²) >= 11 is 0. The smallest absolute Gasteiger partial charge is 0.305 e. The zero-order chi connectivity index (χ0) is 16.9. The summed E-state index contributed by atoms with van der Waals surface area (Å²) in [5, 5.41) is 3.46. The zero-order valence-electron chi connectivity index (χ0n) is 14.5. The van der Waals surface area contributed by atoms with Gasteiger partial charge in [0.25, 0.3) is 0 Å². The summed E-state index contributed by atoms with van der Waals surface area (Å²) in [5.74, 6) is 1.58. The van der Waals surface area contributed by atoms with E-state index in [1.54, 1.807) is 7.11 Å². The van der Waals surface area contributed by atoms with Gasteiger partial charge >= 0.3 is 5.97 Å². The minimum absolute atomic E-state index is 0.109. The maximum absolute atomic E-state index is 11.7. The number of benzene rings is 1. The third-order valence-corrected chi connectivity index (χ3v) is 5.18. The summed E-state index contributed by atoms with van der Waals surface area (Å²) in [4.78, 5) is 16.5. The van der Waals surface area contributed by atoms with Gasteiger partial charge in [-0.15, -0.1) is 0 Å². The number of hydrogen-bond acceptors (Lipinski definition) is 5. The maximum Gasteiger partial charge on any atom is 0.305 e. The second-order valence-electron chi connectivity index (χ2n) is 6.60. The first-order valence-electron chi connectivity index (χ1n) is 8.69. The largest absolute Gasteiger partial charge is 0.497 e. The third kappa shape index (κ3) is 3.78. The molecule has 5 heteroatoms. The van der Waals surface area contributed by atoms with E-state index in [9.17, 15) is 4.79 Å². The summed E-state index contributed by atoms with van der Waals surface area (Å²) in [7, 11) is 3.16. The van der Waals surface area contributed by atoms with Crippen molar-refractivity contribution in [1.29, 1.82) is 0 Å². The molecule has 24 heavy (non-hydrogen) atoms. The average molecular weight is 330 g/mol. The van der Waals surface area contributed by atoms with Gasteiger partial charge in [0.1, 0.15) is 5.75 Å². The molecule has 2 aliphatic rings. The van der Waals surface area contributed by atoms with Crippen molar-refractivity contribution < 1.29 is 14.3 Å². The van der Waals surface area contributed by atoms with Gasteiger partial charge in [-0.1, -0.05) is 0 Å². The number of carbonyl (C=O) groups is 1. The Morgan fingerprint density at radius 1 is 1.33 bits per heavy atom. The molecule has 0 radical (unpaired) electrons. The van der Waals surface area contributed by atoms with E-state index in [0.29, 0.717) is 18.3 Å². The Kier molecular flexibility index (Phi) is 5.51. The minimum atomic E-state index is -0.109. The highest BCUT2D eigenvalue weighted by atomic mass is 16.5. The lowest BCUT2D eigenvalue weighted by molar-refractivity contribution is -0.142. The summed E-state index contributed by atoms with van der Waals surface area (Å²) in [6.07, 6.45) is 3.40. The van der Waals surface area contributed by atoms with E-state index in [-0.39, 0.29) is 5.97 Å². The van der Waals surface area contributed by atoms with Crippen LogP contribution >= 0.6 is 0 Å². The minimum Gasteiger partial charge on any atom is -0.497 e. The molecule has 2 aliphatic heterocycles. The van der Waals surface area contributed by atoms with E-state index in [4.69, 9.17) is 14.5 Å². The lowest BCUT2D eigenvalue weighted by Gasteiger charge is -2.32. The molecule has 0 bridgehead atoms. The van der Waals surface area contributed by atoms with E-state index < -0.39 is 0 Å². The van der Waals surface area contributed by atoms with Crippen LogP contribution in [0.15, 0.2) is 23.2 Å². The van der Waals surface area contributed by atoms with Crippen molar-refractivity contribution >= 4 is 11.7 Å². The van der Waals surface area contributed by atoms with Crippen LogP contribution in [0.5, 0.6) is 5.75 Å². The fourth-order valence-electron chi connectivity index (χ4n) is 3.79. The van der Waals surface area contributed by atoms with Crippen molar-refractivity contribution in [1.82, 2.24) is 5.32 Å². The Morgan fingerprint density at radius 3 is 3.00 bits per heavy atom. The Morgan fingerprint density at radius 2 is 2.21 bits per heavy atom. The van der Waals surface area contributed by atoms with Gasteiger partial charge in [0, 0.05) is 18.7 Å². The first-order valence-corrected chi connectivity index (χ1v) is 8.69. The molecule has 3 rings (SSSR count). The van der Waals surface area contributed by atoms with Gasteiger partial charge in [-0.05, 0) is 73.5 Å². The van der Waals surface area contributed by atoms with Gasteiger partial charge in [0.05, 0.1) is 14.2 Å². The third-order valence-electron chi connectivity index (χ3n) is 5.18. The van der Waals surface area contributed by atoms with E-state index in [1.807, 2.05) is 6.07 Å². The van der Waals surface area contributed by atoms with Crippen LogP contribution in [0, 0.1) is 11.8 Å². The number of carbonyl (C=O) groups excluding carboxylic acids is 1. The van der Waals surface area contributed by atoms with Crippen molar-refractivity contribution in [2.75, 3.05) is 33.9 Å². The molecule has 1 fully saturated rings. The number of piperidine rings is 1. The van der Waals surface area contributed by atoms with Crippen molar-refractivity contribution in [3.05, 3.63) is 29.3 Å². The highest BCUT2D eigenvalue weighted by Crippen LogP contribution is 2.30. The number of hydrogen-bond donors (Lipinski definition) is 1. The second kappa shape index (κ2) is 7.79. The van der Waals surface area contributed by atoms with Crippen LogP contribution in [-0.4, -0.2) is 45.5 Å². The van der Waals surface area contributed by atoms with E-state index in [1.165, 1.54) is 23.9 Å². The molecule has 1 aromatic carbocycles. The van der Waals surface area contributed by atoms with Crippen LogP contribution in [0.4, 0.5) is 0 Å². The van der Waals surface area contributed by atoms with E-state index in [2.05, 4.69) is 17.4 Å². The SMILES string of the molecule is COC(=O)C[C@@H]1CCNC[C@@H]1CC1=NCCc2cc(OC)ccc21. The van der Waals surface area contributed by atoms with Crippen molar-refractivity contribution in [3.8, 4) is 5.75 Å². The van der Waals surface area contributed by atoms with Crippen molar-refractivity contribution in [2.24, 2.45) is 16.8 Å². The molecule has 5 nitrogen and oxygen atoms in total. The number of nitrogens with one attached hydrogen (secondary N) is 1. The maximum atomic E-state index is 11.7. The fourth-order valence-corrected chi connectivity index (χ4v) is 3.79. The number of esters is 1. The van der Waals surface area contributed by atoms with Crippen LogP contribution in [-0.2, 0) is 16.0 Å². The number of methoxy groups -OCH3 is 2. The lowest BCUT2D eigenvalue weighted by atomic mass is 9.79. The van der Waals surface area contributed by atoms with Crippen LogP contribution in [0.3, 0.4) is 0 Å².